The molecule has 0 radical (unpaired) electrons. The Labute approximate surface area is 155 Å². The number of aromatic nitrogens is 1. The standard InChI is InChI=1S/C19H26N2O4Si/c1-19(2,3)26(4,5)24-13-12-15-6-9-17(10-7-15)25-18-11-8-16(14-20-18)21(22)23/h6-11,14H,12-13H2,1-5H3. The molecule has 0 aliphatic rings. The van der Waals surface area contributed by atoms with Gasteiger partial charge in [0.05, 0.1) is 4.92 Å². The molecule has 0 unspecified atom stereocenters. The molecule has 0 atom stereocenters. The topological polar surface area (TPSA) is 74.5 Å². The van der Waals surface area contributed by atoms with Gasteiger partial charge in [0, 0.05) is 18.7 Å². The zero-order chi connectivity index (χ0) is 19.4. The second-order valence-corrected chi connectivity index (χ2v) is 12.5. The molecule has 140 valence electrons. The molecule has 0 aliphatic heterocycles. The van der Waals surface area contributed by atoms with Gasteiger partial charge in [-0.3, -0.25) is 10.1 Å². The number of rotatable bonds is 7. The molecule has 2 aromatic rings. The van der Waals surface area contributed by atoms with Crippen molar-refractivity contribution in [2.24, 2.45) is 0 Å². The van der Waals surface area contributed by atoms with Crippen LogP contribution in [-0.4, -0.2) is 24.8 Å². The van der Waals surface area contributed by atoms with Crippen molar-refractivity contribution in [3.8, 4) is 11.6 Å². The van der Waals surface area contributed by atoms with Gasteiger partial charge in [-0.05, 0) is 42.2 Å². The van der Waals surface area contributed by atoms with Crippen LogP contribution in [0.25, 0.3) is 0 Å². The van der Waals surface area contributed by atoms with Gasteiger partial charge >= 0.3 is 0 Å². The molecule has 0 saturated heterocycles. The summed E-state index contributed by atoms with van der Waals surface area (Å²) in [4.78, 5) is 14.1. The minimum atomic E-state index is -1.71. The first kappa shape index (κ1) is 20.1. The smallest absolute Gasteiger partial charge is 0.287 e. The fourth-order valence-corrected chi connectivity index (χ4v) is 3.07. The van der Waals surface area contributed by atoms with Crippen molar-refractivity contribution in [3.63, 3.8) is 0 Å². The predicted molar refractivity (Wildman–Crippen MR) is 104 cm³/mol. The predicted octanol–water partition coefficient (Wildman–Crippen LogP) is 5.35. The van der Waals surface area contributed by atoms with E-state index in [-0.39, 0.29) is 10.7 Å². The fourth-order valence-electron chi connectivity index (χ4n) is 2.03. The Hall–Kier alpha value is -2.25. The maximum absolute atomic E-state index is 10.6. The molecule has 2 rings (SSSR count). The Kier molecular flexibility index (Phi) is 6.15. The van der Waals surface area contributed by atoms with Crippen LogP contribution >= 0.6 is 0 Å². The summed E-state index contributed by atoms with van der Waals surface area (Å²) in [5, 5.41) is 10.8. The van der Waals surface area contributed by atoms with E-state index >= 15 is 0 Å². The van der Waals surface area contributed by atoms with Gasteiger partial charge in [-0.15, -0.1) is 0 Å². The van der Waals surface area contributed by atoms with Gasteiger partial charge in [-0.2, -0.15) is 0 Å². The Bertz CT molecular complexity index is 738. The lowest BCUT2D eigenvalue weighted by molar-refractivity contribution is -0.385. The number of nitrogens with zero attached hydrogens (tertiary/aromatic N) is 2. The number of ether oxygens (including phenoxy) is 1. The first-order valence-corrected chi connectivity index (χ1v) is 11.5. The third kappa shape index (κ3) is 5.37. The van der Waals surface area contributed by atoms with Crippen LogP contribution in [0.4, 0.5) is 5.69 Å². The van der Waals surface area contributed by atoms with Gasteiger partial charge in [0.25, 0.3) is 5.69 Å². The summed E-state index contributed by atoms with van der Waals surface area (Å²) in [6.45, 7) is 11.9. The molecule has 1 aromatic carbocycles. The molecule has 0 saturated carbocycles. The van der Waals surface area contributed by atoms with Crippen molar-refractivity contribution in [2.75, 3.05) is 6.61 Å². The van der Waals surface area contributed by atoms with E-state index in [2.05, 4.69) is 38.8 Å². The minimum absolute atomic E-state index is 0.0607. The average molecular weight is 375 g/mol. The van der Waals surface area contributed by atoms with Crippen LogP contribution in [0.2, 0.25) is 18.1 Å². The van der Waals surface area contributed by atoms with E-state index in [9.17, 15) is 10.1 Å². The minimum Gasteiger partial charge on any atom is -0.439 e. The van der Waals surface area contributed by atoms with E-state index in [1.165, 1.54) is 23.9 Å². The monoisotopic (exact) mass is 374 g/mol. The fraction of sp³-hybridized carbons (Fsp3) is 0.421. The summed E-state index contributed by atoms with van der Waals surface area (Å²) < 4.78 is 11.8. The van der Waals surface area contributed by atoms with E-state index in [0.29, 0.717) is 18.2 Å². The van der Waals surface area contributed by atoms with Crippen molar-refractivity contribution >= 4 is 14.0 Å². The van der Waals surface area contributed by atoms with Gasteiger partial charge in [-0.25, -0.2) is 4.98 Å². The molecule has 1 heterocycles. The Morgan fingerprint density at radius 2 is 1.77 bits per heavy atom. The highest BCUT2D eigenvalue weighted by atomic mass is 28.4. The van der Waals surface area contributed by atoms with Crippen LogP contribution in [-0.2, 0) is 10.8 Å². The lowest BCUT2D eigenvalue weighted by Gasteiger charge is -2.36. The average Bonchev–Trinajstić information content (AvgIpc) is 2.56. The van der Waals surface area contributed by atoms with E-state index < -0.39 is 13.2 Å². The lowest BCUT2D eigenvalue weighted by atomic mass is 10.1. The number of pyridine rings is 1. The quantitative estimate of drug-likeness (QED) is 0.371. The van der Waals surface area contributed by atoms with E-state index in [4.69, 9.17) is 9.16 Å². The van der Waals surface area contributed by atoms with Gasteiger partial charge in [0.15, 0.2) is 8.32 Å². The van der Waals surface area contributed by atoms with E-state index in [1.54, 1.807) is 0 Å². The van der Waals surface area contributed by atoms with Crippen LogP contribution in [0.5, 0.6) is 11.6 Å². The van der Waals surface area contributed by atoms with Crippen molar-refractivity contribution in [1.29, 1.82) is 0 Å². The third-order valence-electron chi connectivity index (χ3n) is 4.74. The zero-order valence-electron chi connectivity index (χ0n) is 16.0. The van der Waals surface area contributed by atoms with Gasteiger partial charge < -0.3 is 9.16 Å². The second-order valence-electron chi connectivity index (χ2n) is 7.72. The molecule has 0 aliphatic carbocycles. The molecule has 0 N–H and O–H groups in total. The van der Waals surface area contributed by atoms with E-state index in [0.717, 1.165) is 6.42 Å². The Morgan fingerprint density at radius 3 is 2.27 bits per heavy atom. The summed E-state index contributed by atoms with van der Waals surface area (Å²) >= 11 is 0. The van der Waals surface area contributed by atoms with Gasteiger partial charge in [0.2, 0.25) is 5.88 Å². The van der Waals surface area contributed by atoms with Crippen LogP contribution < -0.4 is 4.74 Å². The summed E-state index contributed by atoms with van der Waals surface area (Å²) in [5.74, 6) is 0.963. The van der Waals surface area contributed by atoms with Crippen LogP contribution in [0.15, 0.2) is 42.6 Å². The summed E-state index contributed by atoms with van der Waals surface area (Å²) in [6.07, 6.45) is 2.03. The normalized spacial score (nSPS) is 12.0. The summed E-state index contributed by atoms with van der Waals surface area (Å²) in [5.41, 5.74) is 1.11. The maximum atomic E-state index is 10.6. The molecule has 0 fully saturated rings. The SMILES string of the molecule is CC(C)(C)[Si](C)(C)OCCc1ccc(Oc2ccc([N+](=O)[O-])cn2)cc1. The molecule has 1 aromatic heterocycles. The highest BCUT2D eigenvalue weighted by Crippen LogP contribution is 2.36. The number of hydrogen-bond donors (Lipinski definition) is 0. The molecular weight excluding hydrogens is 348 g/mol. The van der Waals surface area contributed by atoms with Crippen LogP contribution in [0, 0.1) is 10.1 Å². The van der Waals surface area contributed by atoms with Crippen molar-refractivity contribution in [3.05, 3.63) is 58.3 Å². The molecule has 26 heavy (non-hydrogen) atoms. The highest BCUT2D eigenvalue weighted by molar-refractivity contribution is 6.74. The first-order chi connectivity index (χ1) is 12.1. The number of hydrogen-bond acceptors (Lipinski definition) is 5. The Balaban J connectivity index is 1.89. The number of nitro groups is 1. The van der Waals surface area contributed by atoms with Crippen LogP contribution in [0.1, 0.15) is 26.3 Å². The molecule has 7 heteroatoms. The lowest BCUT2D eigenvalue weighted by Crippen LogP contribution is -2.41. The zero-order valence-corrected chi connectivity index (χ0v) is 17.0. The summed E-state index contributed by atoms with van der Waals surface area (Å²) in [6, 6.07) is 10.6. The maximum Gasteiger partial charge on any atom is 0.287 e. The Morgan fingerprint density at radius 1 is 1.12 bits per heavy atom. The number of benzene rings is 1. The van der Waals surface area contributed by atoms with E-state index in [1.807, 2.05) is 24.3 Å². The molecular formula is C19H26N2O4Si. The largest absolute Gasteiger partial charge is 0.439 e. The van der Waals surface area contributed by atoms with Gasteiger partial charge in [0.1, 0.15) is 11.9 Å². The van der Waals surface area contributed by atoms with Gasteiger partial charge in [-0.1, -0.05) is 32.9 Å². The first-order valence-electron chi connectivity index (χ1n) is 8.60. The summed E-state index contributed by atoms with van der Waals surface area (Å²) in [7, 11) is -1.71. The van der Waals surface area contributed by atoms with Crippen LogP contribution in [0.3, 0.4) is 0 Å². The molecule has 6 nitrogen and oxygen atoms in total. The molecule has 0 bridgehead atoms. The van der Waals surface area contributed by atoms with Crippen molar-refractivity contribution in [1.82, 2.24) is 4.98 Å². The van der Waals surface area contributed by atoms with Crippen molar-refractivity contribution in [2.45, 2.75) is 45.3 Å². The van der Waals surface area contributed by atoms with Crippen molar-refractivity contribution < 1.29 is 14.1 Å². The molecule has 0 spiro atoms. The second kappa shape index (κ2) is 7.97. The highest BCUT2D eigenvalue weighted by Gasteiger charge is 2.36. The third-order valence-corrected chi connectivity index (χ3v) is 9.28. The molecule has 0 amide bonds.